The third-order valence-electron chi connectivity index (χ3n) is 1.46. The molecule has 0 saturated carbocycles. The largest absolute Gasteiger partial charge is 0.283 e. The summed E-state index contributed by atoms with van der Waals surface area (Å²) < 4.78 is 0.153. The van der Waals surface area contributed by atoms with Crippen molar-refractivity contribution in [3.05, 3.63) is 36.4 Å². The van der Waals surface area contributed by atoms with Gasteiger partial charge in [-0.1, -0.05) is 11.6 Å². The van der Waals surface area contributed by atoms with Gasteiger partial charge < -0.3 is 0 Å². The maximum atomic E-state index is 10.9. The van der Waals surface area contributed by atoms with Crippen LogP contribution in [-0.4, -0.2) is 10.2 Å². The summed E-state index contributed by atoms with van der Waals surface area (Å²) in [5.41, 5.74) is -0.206. The number of hydrogen-bond donors (Lipinski definition) is 0. The second-order valence-electron chi connectivity index (χ2n) is 2.29. The molecule has 0 bridgehead atoms. The smallest absolute Gasteiger partial charge is 0.276 e. The fourth-order valence-electron chi connectivity index (χ4n) is 0.863. The summed E-state index contributed by atoms with van der Waals surface area (Å²) in [6.07, 6.45) is 0. The van der Waals surface area contributed by atoms with Crippen LogP contribution in [0, 0.1) is 13.7 Å². The van der Waals surface area contributed by atoms with Gasteiger partial charge in [0, 0.05) is 6.07 Å². The lowest BCUT2D eigenvalue weighted by molar-refractivity contribution is -0.385. The first kappa shape index (κ1) is 11.7. The Morgan fingerprint density at radius 2 is 2.07 bits per heavy atom. The molecule has 0 aromatic heterocycles. The quantitative estimate of drug-likeness (QED) is 0.358. The zero-order valence-corrected chi connectivity index (χ0v) is 10.1. The lowest BCUT2D eigenvalue weighted by Gasteiger charge is -2.02. The molecule has 0 spiro atoms. The Balaban J connectivity index is 3.49. The highest BCUT2D eigenvalue weighted by molar-refractivity contribution is 14.1. The first-order valence-electron chi connectivity index (χ1n) is 3.27. The molecule has 1 rings (SSSR count). The third kappa shape index (κ3) is 2.15. The minimum Gasteiger partial charge on any atom is -0.276 e. The van der Waals surface area contributed by atoms with Crippen LogP contribution < -0.4 is 0 Å². The van der Waals surface area contributed by atoms with Crippen LogP contribution in [0.15, 0.2) is 12.1 Å². The lowest BCUT2D eigenvalue weighted by atomic mass is 10.2. The SMILES string of the molecule is O=C(Cl)c1c(Cl)ccc([N+](=O)[O-])c1I. The van der Waals surface area contributed by atoms with Crippen LogP contribution in [0.25, 0.3) is 0 Å². The number of nitro benzene ring substituents is 1. The van der Waals surface area contributed by atoms with Gasteiger partial charge in [0.2, 0.25) is 0 Å². The highest BCUT2D eigenvalue weighted by atomic mass is 127. The van der Waals surface area contributed by atoms with Crippen molar-refractivity contribution in [1.29, 1.82) is 0 Å². The van der Waals surface area contributed by atoms with Crippen LogP contribution in [0.4, 0.5) is 5.69 Å². The number of rotatable bonds is 2. The molecule has 7 heteroatoms. The summed E-state index contributed by atoms with van der Waals surface area (Å²) in [4.78, 5) is 20.8. The molecular formula is C7H2Cl2INO3. The summed E-state index contributed by atoms with van der Waals surface area (Å²) in [5, 5.41) is 9.82. The highest BCUT2D eigenvalue weighted by Crippen LogP contribution is 2.30. The van der Waals surface area contributed by atoms with Crippen molar-refractivity contribution in [2.24, 2.45) is 0 Å². The van der Waals surface area contributed by atoms with Gasteiger partial charge in [0.1, 0.15) is 3.57 Å². The topological polar surface area (TPSA) is 60.2 Å². The summed E-state index contributed by atoms with van der Waals surface area (Å²) in [7, 11) is 0. The van der Waals surface area contributed by atoms with Crippen molar-refractivity contribution >= 4 is 56.7 Å². The highest BCUT2D eigenvalue weighted by Gasteiger charge is 2.21. The molecule has 0 atom stereocenters. The number of nitro groups is 1. The molecule has 0 heterocycles. The standard InChI is InChI=1S/C7H2Cl2INO3/c8-3-1-2-4(11(13)14)6(10)5(3)7(9)12/h1-2H. The van der Waals surface area contributed by atoms with Gasteiger partial charge in [0.25, 0.3) is 10.9 Å². The fourth-order valence-corrected chi connectivity index (χ4v) is 2.58. The van der Waals surface area contributed by atoms with E-state index in [1.807, 2.05) is 0 Å². The molecule has 1 aromatic carbocycles. The first-order valence-corrected chi connectivity index (χ1v) is 5.11. The van der Waals surface area contributed by atoms with E-state index in [0.717, 1.165) is 0 Å². The minimum absolute atomic E-state index is 0.0249. The third-order valence-corrected chi connectivity index (χ3v) is 3.06. The predicted octanol–water partition coefficient (Wildman–Crippen LogP) is 3.23. The average Bonchev–Trinajstić information content (AvgIpc) is 2.02. The van der Waals surface area contributed by atoms with Crippen molar-refractivity contribution in [2.75, 3.05) is 0 Å². The fraction of sp³-hybridized carbons (Fsp3) is 0. The van der Waals surface area contributed by atoms with E-state index in [1.165, 1.54) is 12.1 Å². The minimum atomic E-state index is -0.803. The summed E-state index contributed by atoms with van der Waals surface area (Å²) in [6.45, 7) is 0. The van der Waals surface area contributed by atoms with Gasteiger partial charge >= 0.3 is 0 Å². The zero-order valence-electron chi connectivity index (χ0n) is 6.46. The van der Waals surface area contributed by atoms with Gasteiger partial charge in [-0.15, -0.1) is 0 Å². The molecule has 0 unspecified atom stereocenters. The van der Waals surface area contributed by atoms with Crippen LogP contribution in [-0.2, 0) is 0 Å². The Labute approximate surface area is 102 Å². The molecule has 74 valence electrons. The van der Waals surface area contributed by atoms with Crippen LogP contribution in [0.5, 0.6) is 0 Å². The van der Waals surface area contributed by atoms with Gasteiger partial charge in [-0.05, 0) is 40.3 Å². The van der Waals surface area contributed by atoms with Crippen molar-refractivity contribution in [3.8, 4) is 0 Å². The first-order chi connectivity index (χ1) is 6.45. The van der Waals surface area contributed by atoms with Gasteiger partial charge in [-0.25, -0.2) is 0 Å². The van der Waals surface area contributed by atoms with E-state index in [0.29, 0.717) is 0 Å². The second kappa shape index (κ2) is 4.41. The van der Waals surface area contributed by atoms with Crippen molar-refractivity contribution in [2.45, 2.75) is 0 Å². The van der Waals surface area contributed by atoms with Crippen molar-refractivity contribution in [3.63, 3.8) is 0 Å². The predicted molar refractivity (Wildman–Crippen MR) is 61.0 cm³/mol. The maximum absolute atomic E-state index is 10.9. The molecule has 14 heavy (non-hydrogen) atoms. The van der Waals surface area contributed by atoms with Crippen LogP contribution in [0.3, 0.4) is 0 Å². The Morgan fingerprint density at radius 3 is 2.50 bits per heavy atom. The van der Waals surface area contributed by atoms with Crippen LogP contribution in [0.2, 0.25) is 5.02 Å². The molecular weight excluding hydrogens is 344 g/mol. The van der Waals surface area contributed by atoms with Gasteiger partial charge in [0.05, 0.1) is 15.5 Å². The lowest BCUT2D eigenvalue weighted by Crippen LogP contribution is -2.00. The summed E-state index contributed by atoms with van der Waals surface area (Å²) in [6, 6.07) is 2.50. The van der Waals surface area contributed by atoms with Gasteiger partial charge in [0.15, 0.2) is 0 Å². The van der Waals surface area contributed by atoms with Gasteiger partial charge in [-0.3, -0.25) is 14.9 Å². The number of carbonyl (C=O) groups excluding carboxylic acids is 1. The molecule has 0 radical (unpaired) electrons. The number of halogens is 3. The van der Waals surface area contributed by atoms with Crippen molar-refractivity contribution < 1.29 is 9.72 Å². The molecule has 0 aliphatic heterocycles. The molecule has 0 aliphatic rings. The molecule has 0 amide bonds. The molecule has 0 aliphatic carbocycles. The van der Waals surface area contributed by atoms with E-state index in [4.69, 9.17) is 23.2 Å². The monoisotopic (exact) mass is 345 g/mol. The van der Waals surface area contributed by atoms with Crippen molar-refractivity contribution in [1.82, 2.24) is 0 Å². The molecule has 4 nitrogen and oxygen atoms in total. The van der Waals surface area contributed by atoms with E-state index in [1.54, 1.807) is 22.6 Å². The zero-order chi connectivity index (χ0) is 10.9. The number of hydrogen-bond acceptors (Lipinski definition) is 3. The normalized spacial score (nSPS) is 9.93. The number of benzene rings is 1. The summed E-state index contributed by atoms with van der Waals surface area (Å²) >= 11 is 12.6. The van der Waals surface area contributed by atoms with E-state index in [9.17, 15) is 14.9 Å². The average molecular weight is 346 g/mol. The Hall–Kier alpha value is -0.400. The Kier molecular flexibility index (Phi) is 3.68. The molecule has 1 aromatic rings. The second-order valence-corrected chi connectivity index (χ2v) is 4.12. The molecule has 0 N–H and O–H groups in total. The summed E-state index contributed by atoms with van der Waals surface area (Å²) in [5.74, 6) is 0. The van der Waals surface area contributed by atoms with E-state index >= 15 is 0 Å². The van der Waals surface area contributed by atoms with Crippen LogP contribution >= 0.6 is 45.8 Å². The molecule has 0 saturated heterocycles. The number of carbonyl (C=O) groups is 1. The van der Waals surface area contributed by atoms with E-state index in [2.05, 4.69) is 0 Å². The van der Waals surface area contributed by atoms with Crippen LogP contribution in [0.1, 0.15) is 10.4 Å². The number of nitrogens with zero attached hydrogens (tertiary/aromatic N) is 1. The van der Waals surface area contributed by atoms with E-state index < -0.39 is 10.2 Å². The molecule has 0 fully saturated rings. The Bertz CT molecular complexity index is 422. The van der Waals surface area contributed by atoms with E-state index in [-0.39, 0.29) is 19.8 Å². The van der Waals surface area contributed by atoms with Gasteiger partial charge in [-0.2, -0.15) is 0 Å². The Morgan fingerprint density at radius 1 is 1.50 bits per heavy atom. The maximum Gasteiger partial charge on any atom is 0.283 e.